The zero-order valence-corrected chi connectivity index (χ0v) is 42.4. The minimum Gasteiger partial charge on any atom is -0.480 e. The number of hydrogen-bond donors (Lipinski definition) is 11. The first kappa shape index (κ1) is 59.2. The van der Waals surface area contributed by atoms with E-state index in [2.05, 4.69) is 49.8 Å². The Morgan fingerprint density at radius 3 is 1.78 bits per heavy atom. The molecule has 0 bridgehead atoms. The minimum atomic E-state index is -1.64. The van der Waals surface area contributed by atoms with Gasteiger partial charge in [0.1, 0.15) is 48.3 Å². The van der Waals surface area contributed by atoms with Crippen molar-refractivity contribution in [2.75, 3.05) is 24.3 Å². The molecule has 0 radical (unpaired) electrons. The van der Waals surface area contributed by atoms with Crippen molar-refractivity contribution in [3.63, 3.8) is 0 Å². The number of carboxylic acid groups (broad SMARTS) is 1. The van der Waals surface area contributed by atoms with Gasteiger partial charge in [0.25, 0.3) is 0 Å². The summed E-state index contributed by atoms with van der Waals surface area (Å²) in [6, 6.07) is -1.92. The molecule has 0 aliphatic carbocycles. The molecule has 1 fully saturated rings. The van der Waals surface area contributed by atoms with Gasteiger partial charge in [-0.05, 0) is 81.3 Å². The topological polar surface area (TPSA) is 308 Å². The Morgan fingerprint density at radius 1 is 0.706 bits per heavy atom. The van der Waals surface area contributed by atoms with Gasteiger partial charge >= 0.3 is 5.97 Å². The zero-order chi connectivity index (χ0) is 51.4. The molecule has 2 rings (SSSR count). The number of aliphatic hydroxyl groups excluding tert-OH is 1. The van der Waals surface area contributed by atoms with Crippen molar-refractivity contribution in [2.24, 2.45) is 23.5 Å². The summed E-state index contributed by atoms with van der Waals surface area (Å²) in [5, 5.41) is 38.7. The number of hydrogen-bond acceptors (Lipinski definition) is 13. The van der Waals surface area contributed by atoms with Gasteiger partial charge in [-0.3, -0.25) is 38.4 Å². The molecule has 1 saturated heterocycles. The van der Waals surface area contributed by atoms with Crippen LogP contribution in [-0.2, 0) is 49.6 Å². The molecule has 20 nitrogen and oxygen atoms in total. The summed E-state index contributed by atoms with van der Waals surface area (Å²) in [6.45, 7) is 13.7. The lowest BCUT2D eigenvalue weighted by molar-refractivity contribution is -0.143. The Kier molecular flexibility index (Phi) is 25.4. The average Bonchev–Trinajstić information content (AvgIpc) is 3.77. The van der Waals surface area contributed by atoms with Gasteiger partial charge in [-0.1, -0.05) is 71.9 Å². The number of aliphatic hydroxyl groups is 1. The van der Waals surface area contributed by atoms with E-state index in [1.807, 2.05) is 20.1 Å². The maximum absolute atomic E-state index is 14.0. The van der Waals surface area contributed by atoms with Gasteiger partial charge in [-0.25, -0.2) is 4.79 Å². The zero-order valence-electron chi connectivity index (χ0n) is 40.7. The lowest BCUT2D eigenvalue weighted by Crippen LogP contribution is -2.62. The van der Waals surface area contributed by atoms with Crippen LogP contribution in [0.25, 0.3) is 0 Å². The van der Waals surface area contributed by atoms with Crippen LogP contribution in [0.4, 0.5) is 0 Å². The van der Waals surface area contributed by atoms with Crippen LogP contribution in [0.1, 0.15) is 93.1 Å². The molecule has 1 aromatic rings. The predicted octanol–water partition coefficient (Wildman–Crippen LogP) is -0.143. The SMILES string of the molecule is CSCC[C@H](NC(=O)[C@@H](N)C(C)C)C(=O)N[C@@H](C)C(=O)N1CCC[C@H]1C(=O)N[C@@H](CS)C(=O)N[C@H](C(=O)N[C@@H](CC(C)C)C(=O)N[C@@H](Cc1ccccc1)C(=O)N[C@@H](CC(C)C)C(=O)O)[C@@H](C)O. The van der Waals surface area contributed by atoms with Crippen LogP contribution in [-0.4, -0.2) is 153 Å². The fourth-order valence-electron chi connectivity index (χ4n) is 7.38. The lowest BCUT2D eigenvalue weighted by Gasteiger charge is -2.30. The van der Waals surface area contributed by atoms with Gasteiger partial charge < -0.3 is 58.1 Å². The standard InChI is InChI=1S/C46H75N9O11S2/c1-24(2)20-31(39(58)50-32(22-29-14-11-10-12-15-29)40(59)52-33(46(65)66)21-25(3)4)51-44(63)37(28(8)56)54-41(60)34(23-67)53-42(61)35-16-13-18-55(35)45(64)27(7)48-38(57)30(17-19-68-9)49-43(62)36(47)26(5)6/h10-12,14-15,24-28,30-37,56,67H,13,16-23,47H2,1-9H3,(H,48,57)(H,49,62)(H,50,58)(H,51,63)(H,52,59)(H,53,61)(H,54,60)(H,65,66)/t27-,28+,30-,31-,32-,33-,34-,35-,36-,37-/m0/s1. The predicted molar refractivity (Wildman–Crippen MR) is 262 cm³/mol. The number of amides is 8. The Balaban J connectivity index is 2.21. The third kappa shape index (κ3) is 19.2. The van der Waals surface area contributed by atoms with E-state index in [1.54, 1.807) is 58.0 Å². The van der Waals surface area contributed by atoms with Crippen molar-refractivity contribution in [1.29, 1.82) is 0 Å². The summed E-state index contributed by atoms with van der Waals surface area (Å²) < 4.78 is 0. The number of nitrogens with zero attached hydrogens (tertiary/aromatic N) is 1. The summed E-state index contributed by atoms with van der Waals surface area (Å²) in [6.07, 6.45) is 1.50. The van der Waals surface area contributed by atoms with Crippen LogP contribution in [0.15, 0.2) is 30.3 Å². The number of nitrogens with two attached hydrogens (primary N) is 1. The Morgan fingerprint density at radius 2 is 1.24 bits per heavy atom. The molecule has 8 amide bonds. The quantitative estimate of drug-likeness (QED) is 0.0488. The van der Waals surface area contributed by atoms with Crippen molar-refractivity contribution < 1.29 is 53.4 Å². The number of thiol groups is 1. The third-order valence-electron chi connectivity index (χ3n) is 11.3. The number of benzene rings is 1. The summed E-state index contributed by atoms with van der Waals surface area (Å²) in [7, 11) is 0. The Hall–Kier alpha value is -4.93. The Bertz CT molecular complexity index is 1870. The van der Waals surface area contributed by atoms with E-state index in [-0.39, 0.29) is 62.2 Å². The molecule has 1 aromatic carbocycles. The van der Waals surface area contributed by atoms with Crippen molar-refractivity contribution in [1.82, 2.24) is 42.1 Å². The van der Waals surface area contributed by atoms with Gasteiger partial charge in [0.15, 0.2) is 0 Å². The van der Waals surface area contributed by atoms with E-state index >= 15 is 0 Å². The number of aliphatic carboxylic acids is 1. The second kappa shape index (κ2) is 29.2. The van der Waals surface area contributed by atoms with Gasteiger partial charge in [-0.15, -0.1) is 0 Å². The number of carboxylic acids is 1. The fraction of sp³-hybridized carbons (Fsp3) is 0.674. The summed E-state index contributed by atoms with van der Waals surface area (Å²) in [4.78, 5) is 122. The van der Waals surface area contributed by atoms with E-state index in [4.69, 9.17) is 5.73 Å². The van der Waals surface area contributed by atoms with Crippen molar-refractivity contribution >= 4 is 77.6 Å². The maximum atomic E-state index is 14.0. The molecule has 1 aliphatic heterocycles. The van der Waals surface area contributed by atoms with E-state index in [0.29, 0.717) is 17.7 Å². The highest BCUT2D eigenvalue weighted by molar-refractivity contribution is 7.98. The highest BCUT2D eigenvalue weighted by Gasteiger charge is 2.40. The van der Waals surface area contributed by atoms with Gasteiger partial charge in [-0.2, -0.15) is 24.4 Å². The number of thioether (sulfide) groups is 1. The molecule has 22 heteroatoms. The highest BCUT2D eigenvalue weighted by Crippen LogP contribution is 2.20. The highest BCUT2D eigenvalue weighted by atomic mass is 32.2. The number of rotatable bonds is 28. The second-order valence-electron chi connectivity index (χ2n) is 18.5. The minimum absolute atomic E-state index is 0.00520. The van der Waals surface area contributed by atoms with E-state index in [1.165, 1.54) is 30.5 Å². The molecule has 11 N–H and O–H groups in total. The normalized spacial score (nSPS) is 17.6. The molecule has 1 aliphatic rings. The van der Waals surface area contributed by atoms with Crippen LogP contribution in [0.2, 0.25) is 0 Å². The summed E-state index contributed by atoms with van der Waals surface area (Å²) >= 11 is 5.72. The molecule has 382 valence electrons. The van der Waals surface area contributed by atoms with Crippen LogP contribution in [0.3, 0.4) is 0 Å². The number of carbonyl (C=O) groups is 9. The van der Waals surface area contributed by atoms with Crippen molar-refractivity contribution in [3.05, 3.63) is 35.9 Å². The van der Waals surface area contributed by atoms with Crippen molar-refractivity contribution in [3.8, 4) is 0 Å². The Labute approximate surface area is 409 Å². The lowest BCUT2D eigenvalue weighted by atomic mass is 9.99. The van der Waals surface area contributed by atoms with E-state index in [0.717, 1.165) is 0 Å². The first-order valence-corrected chi connectivity index (χ1v) is 25.2. The largest absolute Gasteiger partial charge is 0.480 e. The van der Waals surface area contributed by atoms with E-state index < -0.39 is 114 Å². The third-order valence-corrected chi connectivity index (χ3v) is 12.3. The fourth-order valence-corrected chi connectivity index (χ4v) is 8.11. The van der Waals surface area contributed by atoms with Gasteiger partial charge in [0.05, 0.1) is 12.1 Å². The molecule has 0 saturated carbocycles. The average molecular weight is 994 g/mol. The molecule has 68 heavy (non-hydrogen) atoms. The molecule has 0 spiro atoms. The van der Waals surface area contributed by atoms with Crippen LogP contribution in [0.5, 0.6) is 0 Å². The van der Waals surface area contributed by atoms with Crippen molar-refractivity contribution in [2.45, 2.75) is 154 Å². The van der Waals surface area contributed by atoms with Gasteiger partial charge in [0.2, 0.25) is 47.3 Å². The summed E-state index contributed by atoms with van der Waals surface area (Å²) in [5.41, 5.74) is 6.66. The molecular weight excluding hydrogens is 919 g/mol. The molecule has 10 atom stereocenters. The molecular formula is C46H75N9O11S2. The number of carbonyl (C=O) groups excluding carboxylic acids is 8. The molecule has 1 heterocycles. The first-order chi connectivity index (χ1) is 31.9. The summed E-state index contributed by atoms with van der Waals surface area (Å²) in [5.74, 6) is -7.10. The second-order valence-corrected chi connectivity index (χ2v) is 19.8. The van der Waals surface area contributed by atoms with E-state index in [9.17, 15) is 53.4 Å². The maximum Gasteiger partial charge on any atom is 0.326 e. The number of nitrogens with one attached hydrogen (secondary N) is 7. The smallest absolute Gasteiger partial charge is 0.326 e. The van der Waals surface area contributed by atoms with Gasteiger partial charge in [0, 0.05) is 18.7 Å². The number of likely N-dealkylation sites (tertiary alicyclic amines) is 1. The molecule has 0 unspecified atom stereocenters. The van der Waals surface area contributed by atoms with Crippen LogP contribution in [0, 0.1) is 17.8 Å². The monoisotopic (exact) mass is 994 g/mol. The van der Waals surface area contributed by atoms with Crippen LogP contribution >= 0.6 is 24.4 Å². The van der Waals surface area contributed by atoms with Crippen LogP contribution < -0.4 is 43.0 Å². The molecule has 0 aromatic heterocycles. The first-order valence-electron chi connectivity index (χ1n) is 23.1.